The van der Waals surface area contributed by atoms with Gasteiger partial charge in [-0.1, -0.05) is 0 Å². The minimum absolute atomic E-state index is 0.150. The van der Waals surface area contributed by atoms with E-state index in [1.807, 2.05) is 0 Å². The number of aromatic nitrogens is 2. The quantitative estimate of drug-likeness (QED) is 0.780. The number of nitrogens with one attached hydrogen (secondary N) is 1. The fourth-order valence-corrected chi connectivity index (χ4v) is 1.71. The third-order valence-electron chi connectivity index (χ3n) is 2.40. The molecule has 4 heteroatoms. The molecule has 14 heavy (non-hydrogen) atoms. The lowest BCUT2D eigenvalue weighted by Gasteiger charge is -2.06. The van der Waals surface area contributed by atoms with Crippen LogP contribution in [-0.4, -0.2) is 28.5 Å². The van der Waals surface area contributed by atoms with Crippen LogP contribution in [0.15, 0.2) is 12.4 Å². The van der Waals surface area contributed by atoms with Crippen LogP contribution in [0.3, 0.4) is 0 Å². The van der Waals surface area contributed by atoms with Gasteiger partial charge in [0.15, 0.2) is 0 Å². The highest BCUT2D eigenvalue weighted by Gasteiger charge is 2.19. The van der Waals surface area contributed by atoms with Gasteiger partial charge < -0.3 is 9.72 Å². The summed E-state index contributed by atoms with van der Waals surface area (Å²) < 4.78 is 5.39. The van der Waals surface area contributed by atoms with E-state index in [0.29, 0.717) is 12.8 Å². The maximum Gasteiger partial charge on any atom is 0.142 e. The summed E-state index contributed by atoms with van der Waals surface area (Å²) in [5.41, 5.74) is 0. The zero-order valence-electron chi connectivity index (χ0n) is 8.03. The molecular weight excluding hydrogens is 180 g/mol. The number of hydrogen-bond donors (Lipinski definition) is 1. The molecule has 1 aromatic rings. The van der Waals surface area contributed by atoms with Crippen LogP contribution in [0.2, 0.25) is 0 Å². The van der Waals surface area contributed by atoms with E-state index in [4.69, 9.17) is 4.74 Å². The first-order valence-electron chi connectivity index (χ1n) is 4.96. The van der Waals surface area contributed by atoms with E-state index in [1.54, 1.807) is 12.4 Å². The minimum Gasteiger partial charge on any atom is -0.378 e. The number of rotatable bonds is 4. The van der Waals surface area contributed by atoms with Crippen molar-refractivity contribution in [1.29, 1.82) is 0 Å². The van der Waals surface area contributed by atoms with Crippen LogP contribution in [0.5, 0.6) is 0 Å². The molecule has 0 bridgehead atoms. The molecule has 76 valence electrons. The molecule has 2 rings (SSSR count). The van der Waals surface area contributed by atoms with Crippen molar-refractivity contribution in [3.63, 3.8) is 0 Å². The number of Topliss-reactive ketones (excluding diaryl/α,β-unsaturated/α-hetero) is 1. The second kappa shape index (κ2) is 4.37. The molecule has 2 heterocycles. The van der Waals surface area contributed by atoms with Gasteiger partial charge in [-0.3, -0.25) is 4.79 Å². The van der Waals surface area contributed by atoms with Gasteiger partial charge >= 0.3 is 0 Å². The number of hydrogen-bond acceptors (Lipinski definition) is 3. The minimum atomic E-state index is 0.150. The molecule has 1 aliphatic heterocycles. The first kappa shape index (κ1) is 9.40. The number of ketones is 1. The van der Waals surface area contributed by atoms with E-state index in [2.05, 4.69) is 9.97 Å². The van der Waals surface area contributed by atoms with Gasteiger partial charge in [-0.25, -0.2) is 4.98 Å². The molecule has 0 amide bonds. The summed E-state index contributed by atoms with van der Waals surface area (Å²) in [6, 6.07) is 0. The molecular formula is C10H14N2O2. The van der Waals surface area contributed by atoms with Gasteiger partial charge in [-0.2, -0.15) is 0 Å². The highest BCUT2D eigenvalue weighted by molar-refractivity contribution is 5.80. The third kappa shape index (κ3) is 2.42. The van der Waals surface area contributed by atoms with Crippen molar-refractivity contribution < 1.29 is 9.53 Å². The van der Waals surface area contributed by atoms with E-state index >= 15 is 0 Å². The van der Waals surface area contributed by atoms with Crippen molar-refractivity contribution in [3.8, 4) is 0 Å². The Labute approximate surface area is 82.7 Å². The predicted molar refractivity (Wildman–Crippen MR) is 50.9 cm³/mol. The van der Waals surface area contributed by atoms with E-state index in [1.165, 1.54) is 0 Å². The van der Waals surface area contributed by atoms with Gasteiger partial charge in [0.05, 0.1) is 12.5 Å². The zero-order valence-corrected chi connectivity index (χ0v) is 8.03. The number of H-pyrrole nitrogens is 1. The average molecular weight is 194 g/mol. The van der Waals surface area contributed by atoms with Crippen molar-refractivity contribution in [3.05, 3.63) is 18.2 Å². The second-order valence-corrected chi connectivity index (χ2v) is 3.59. The summed E-state index contributed by atoms with van der Waals surface area (Å²) >= 11 is 0. The highest BCUT2D eigenvalue weighted by atomic mass is 16.5. The van der Waals surface area contributed by atoms with Gasteiger partial charge in [-0.15, -0.1) is 0 Å². The van der Waals surface area contributed by atoms with Gasteiger partial charge in [0.25, 0.3) is 0 Å². The van der Waals surface area contributed by atoms with Crippen LogP contribution in [0, 0.1) is 0 Å². The summed E-state index contributed by atoms with van der Waals surface area (Å²) in [6.07, 6.45) is 6.57. The van der Waals surface area contributed by atoms with E-state index in [-0.39, 0.29) is 11.9 Å². The Hall–Kier alpha value is -1.16. The molecule has 0 radical (unpaired) electrons. The number of imidazole rings is 1. The molecule has 0 saturated carbocycles. The van der Waals surface area contributed by atoms with Crippen LogP contribution < -0.4 is 0 Å². The Bertz CT molecular complexity index is 289. The predicted octanol–water partition coefficient (Wildman–Crippen LogP) is 1.09. The molecule has 1 atom stereocenters. The molecule has 1 aromatic heterocycles. The van der Waals surface area contributed by atoms with E-state index < -0.39 is 0 Å². The summed E-state index contributed by atoms with van der Waals surface area (Å²) in [5.74, 6) is 0.944. The first-order valence-corrected chi connectivity index (χ1v) is 4.96. The third-order valence-corrected chi connectivity index (χ3v) is 2.40. The fraction of sp³-hybridized carbons (Fsp3) is 0.600. The molecule has 1 saturated heterocycles. The molecule has 0 aromatic carbocycles. The Balaban J connectivity index is 1.78. The SMILES string of the molecule is O=C(Cc1ncc[nH]1)CC1CCCO1. The largest absolute Gasteiger partial charge is 0.378 e. The molecule has 1 fully saturated rings. The summed E-state index contributed by atoms with van der Waals surface area (Å²) in [4.78, 5) is 18.5. The topological polar surface area (TPSA) is 55.0 Å². The second-order valence-electron chi connectivity index (χ2n) is 3.59. The molecule has 4 nitrogen and oxygen atoms in total. The smallest absolute Gasteiger partial charge is 0.142 e. The molecule has 1 aliphatic rings. The van der Waals surface area contributed by atoms with Crippen LogP contribution in [-0.2, 0) is 16.0 Å². The lowest BCUT2D eigenvalue weighted by atomic mass is 10.1. The Morgan fingerprint density at radius 3 is 3.29 bits per heavy atom. The molecule has 1 unspecified atom stereocenters. The Morgan fingerprint density at radius 2 is 2.64 bits per heavy atom. The van der Waals surface area contributed by atoms with Gasteiger partial charge in [-0.05, 0) is 12.8 Å². The Kier molecular flexibility index (Phi) is 2.93. The van der Waals surface area contributed by atoms with E-state index in [0.717, 1.165) is 25.3 Å². The number of carbonyl (C=O) groups excluding carboxylic acids is 1. The molecule has 0 spiro atoms. The van der Waals surface area contributed by atoms with Crippen molar-refractivity contribution >= 4 is 5.78 Å². The lowest BCUT2D eigenvalue weighted by molar-refractivity contribution is -0.120. The molecule has 0 aliphatic carbocycles. The summed E-state index contributed by atoms with van der Waals surface area (Å²) in [5, 5.41) is 0. The number of nitrogens with zero attached hydrogens (tertiary/aromatic N) is 1. The maximum atomic E-state index is 11.5. The maximum absolute atomic E-state index is 11.5. The monoisotopic (exact) mass is 194 g/mol. The number of carbonyl (C=O) groups is 1. The standard InChI is InChI=1S/C10H14N2O2/c13-8(6-9-2-1-5-14-9)7-10-11-3-4-12-10/h3-4,9H,1-2,5-7H2,(H,11,12). The lowest BCUT2D eigenvalue weighted by Crippen LogP contribution is -2.14. The van der Waals surface area contributed by atoms with E-state index in [9.17, 15) is 4.79 Å². The number of ether oxygens (including phenoxy) is 1. The first-order chi connectivity index (χ1) is 6.84. The zero-order chi connectivity index (χ0) is 9.80. The van der Waals surface area contributed by atoms with Crippen LogP contribution >= 0.6 is 0 Å². The summed E-state index contributed by atoms with van der Waals surface area (Å²) in [7, 11) is 0. The summed E-state index contributed by atoms with van der Waals surface area (Å²) in [6.45, 7) is 0.804. The fourth-order valence-electron chi connectivity index (χ4n) is 1.71. The van der Waals surface area contributed by atoms with Crippen LogP contribution in [0.4, 0.5) is 0 Å². The van der Waals surface area contributed by atoms with Gasteiger partial charge in [0.1, 0.15) is 11.6 Å². The average Bonchev–Trinajstić information content (AvgIpc) is 2.76. The number of aromatic amines is 1. The molecule has 1 N–H and O–H groups in total. The van der Waals surface area contributed by atoms with Crippen molar-refractivity contribution in [2.45, 2.75) is 31.8 Å². The van der Waals surface area contributed by atoms with Crippen molar-refractivity contribution in [1.82, 2.24) is 9.97 Å². The Morgan fingerprint density at radius 1 is 1.71 bits per heavy atom. The highest BCUT2D eigenvalue weighted by Crippen LogP contribution is 2.15. The van der Waals surface area contributed by atoms with Crippen LogP contribution in [0.1, 0.15) is 25.1 Å². The van der Waals surface area contributed by atoms with Gasteiger partial charge in [0, 0.05) is 25.4 Å². The van der Waals surface area contributed by atoms with Crippen LogP contribution in [0.25, 0.3) is 0 Å². The normalized spacial score (nSPS) is 21.3. The van der Waals surface area contributed by atoms with Crippen molar-refractivity contribution in [2.75, 3.05) is 6.61 Å². The van der Waals surface area contributed by atoms with Crippen molar-refractivity contribution in [2.24, 2.45) is 0 Å². The van der Waals surface area contributed by atoms with Gasteiger partial charge in [0.2, 0.25) is 0 Å².